The molecule has 2 aromatic rings. The smallest absolute Gasteiger partial charge is 0.392 e. The van der Waals surface area contributed by atoms with Gasteiger partial charge in [-0.3, -0.25) is 0 Å². The molecule has 4 heteroatoms. The summed E-state index contributed by atoms with van der Waals surface area (Å²) >= 11 is 0. The largest absolute Gasteiger partial charge is 0.416 e. The first kappa shape index (κ1) is 13.6. The van der Waals surface area contributed by atoms with Crippen LogP contribution in [-0.2, 0) is 12.8 Å². The topological polar surface area (TPSA) is 20.2 Å². The molecule has 0 aliphatic rings. The van der Waals surface area contributed by atoms with Crippen LogP contribution in [0.15, 0.2) is 42.5 Å². The highest BCUT2D eigenvalue weighted by Crippen LogP contribution is 2.33. The fraction of sp³-hybridized carbons (Fsp3) is 0.200. The molecule has 0 unspecified atom stereocenters. The zero-order valence-corrected chi connectivity index (χ0v) is 10.3. The van der Waals surface area contributed by atoms with Gasteiger partial charge in [0.1, 0.15) is 0 Å². The van der Waals surface area contributed by atoms with Crippen molar-refractivity contribution in [2.24, 2.45) is 0 Å². The van der Waals surface area contributed by atoms with Crippen molar-refractivity contribution in [3.63, 3.8) is 0 Å². The molecule has 1 N–H and O–H groups in total. The third-order valence-corrected chi connectivity index (χ3v) is 2.93. The second-order valence-corrected chi connectivity index (χ2v) is 4.40. The maximum Gasteiger partial charge on any atom is 0.416 e. The van der Waals surface area contributed by atoms with Gasteiger partial charge in [0.05, 0.1) is 12.2 Å². The number of aryl methyl sites for hydroxylation is 1. The molecule has 0 heterocycles. The Kier molecular flexibility index (Phi) is 3.62. The van der Waals surface area contributed by atoms with E-state index in [0.717, 1.165) is 23.3 Å². The summed E-state index contributed by atoms with van der Waals surface area (Å²) in [5.74, 6) is 0. The summed E-state index contributed by atoms with van der Waals surface area (Å²) in [6.07, 6.45) is -4.39. The lowest BCUT2D eigenvalue weighted by Crippen LogP contribution is -2.06. The molecule has 0 aromatic heterocycles. The first-order valence-electron chi connectivity index (χ1n) is 5.80. The molecule has 2 rings (SSSR count). The van der Waals surface area contributed by atoms with Gasteiger partial charge in [-0.2, -0.15) is 13.2 Å². The molecule has 0 saturated heterocycles. The molecular weight excluding hydrogens is 253 g/mol. The summed E-state index contributed by atoms with van der Waals surface area (Å²) in [6, 6.07) is 10.9. The normalized spacial score (nSPS) is 11.6. The van der Waals surface area contributed by atoms with Crippen LogP contribution < -0.4 is 0 Å². The molecule has 0 bridgehead atoms. The van der Waals surface area contributed by atoms with Crippen molar-refractivity contribution in [3.05, 3.63) is 59.2 Å². The van der Waals surface area contributed by atoms with Crippen molar-refractivity contribution in [1.29, 1.82) is 0 Å². The van der Waals surface area contributed by atoms with Crippen LogP contribution in [0.4, 0.5) is 13.2 Å². The summed E-state index contributed by atoms with van der Waals surface area (Å²) in [7, 11) is 0. The number of alkyl halides is 3. The second kappa shape index (κ2) is 5.05. The van der Waals surface area contributed by atoms with Crippen molar-refractivity contribution in [3.8, 4) is 11.1 Å². The summed E-state index contributed by atoms with van der Waals surface area (Å²) in [4.78, 5) is 0. The summed E-state index contributed by atoms with van der Waals surface area (Å²) in [5, 5.41) is 9.27. The van der Waals surface area contributed by atoms with Crippen LogP contribution in [0.25, 0.3) is 11.1 Å². The third kappa shape index (κ3) is 2.96. The van der Waals surface area contributed by atoms with E-state index in [4.69, 9.17) is 0 Å². The molecule has 0 aliphatic heterocycles. The maximum atomic E-state index is 12.6. The van der Waals surface area contributed by atoms with E-state index in [2.05, 4.69) is 0 Å². The van der Waals surface area contributed by atoms with E-state index in [0.29, 0.717) is 5.56 Å². The molecule has 1 nitrogen and oxygen atoms in total. The van der Waals surface area contributed by atoms with Gasteiger partial charge in [0.2, 0.25) is 0 Å². The predicted octanol–water partition coefficient (Wildman–Crippen LogP) is 4.17. The van der Waals surface area contributed by atoms with Crippen molar-refractivity contribution in [1.82, 2.24) is 0 Å². The maximum absolute atomic E-state index is 12.6. The summed E-state index contributed by atoms with van der Waals surface area (Å²) in [5.41, 5.74) is 1.98. The van der Waals surface area contributed by atoms with Gasteiger partial charge in [-0.05, 0) is 35.7 Å². The van der Waals surface area contributed by atoms with Gasteiger partial charge >= 0.3 is 6.18 Å². The fourth-order valence-corrected chi connectivity index (χ4v) is 2.00. The number of hydrogen-bond acceptors (Lipinski definition) is 1. The van der Waals surface area contributed by atoms with E-state index >= 15 is 0 Å². The monoisotopic (exact) mass is 266 g/mol. The van der Waals surface area contributed by atoms with Crippen LogP contribution in [-0.4, -0.2) is 5.11 Å². The zero-order chi connectivity index (χ0) is 14.0. The van der Waals surface area contributed by atoms with E-state index in [1.54, 1.807) is 0 Å². The Morgan fingerprint density at radius 2 is 1.79 bits per heavy atom. The molecular formula is C15H13F3O. The highest BCUT2D eigenvalue weighted by molar-refractivity contribution is 5.68. The van der Waals surface area contributed by atoms with E-state index < -0.39 is 18.3 Å². The molecule has 0 aliphatic carbocycles. The molecule has 2 aromatic carbocycles. The first-order valence-corrected chi connectivity index (χ1v) is 5.80. The van der Waals surface area contributed by atoms with Gasteiger partial charge < -0.3 is 5.11 Å². The van der Waals surface area contributed by atoms with Gasteiger partial charge in [0.15, 0.2) is 0 Å². The average molecular weight is 266 g/mol. The van der Waals surface area contributed by atoms with Crippen LogP contribution in [0.5, 0.6) is 0 Å². The van der Waals surface area contributed by atoms with Crippen molar-refractivity contribution < 1.29 is 18.3 Å². The van der Waals surface area contributed by atoms with E-state index in [1.165, 1.54) is 6.07 Å². The molecule has 0 spiro atoms. The quantitative estimate of drug-likeness (QED) is 0.864. The Labute approximate surface area is 109 Å². The minimum atomic E-state index is -4.39. The van der Waals surface area contributed by atoms with E-state index in [-0.39, 0.29) is 5.56 Å². The molecule has 0 atom stereocenters. The van der Waals surface area contributed by atoms with Gasteiger partial charge in [0, 0.05) is 0 Å². The van der Waals surface area contributed by atoms with Crippen LogP contribution in [0.3, 0.4) is 0 Å². The molecule has 0 saturated carbocycles. The predicted molar refractivity (Wildman–Crippen MR) is 67.5 cm³/mol. The number of hydrogen-bond donors (Lipinski definition) is 1. The Morgan fingerprint density at radius 3 is 2.37 bits per heavy atom. The number of aliphatic hydroxyl groups excluding tert-OH is 1. The van der Waals surface area contributed by atoms with Gasteiger partial charge in [0.25, 0.3) is 0 Å². The van der Waals surface area contributed by atoms with Gasteiger partial charge in [-0.1, -0.05) is 35.9 Å². The summed E-state index contributed by atoms with van der Waals surface area (Å²) in [6.45, 7) is 1.49. The number of rotatable bonds is 2. The van der Waals surface area contributed by atoms with Gasteiger partial charge in [-0.25, -0.2) is 0 Å². The van der Waals surface area contributed by atoms with Crippen LogP contribution in [0.1, 0.15) is 16.7 Å². The van der Waals surface area contributed by atoms with Crippen molar-refractivity contribution in [2.45, 2.75) is 19.7 Å². The Morgan fingerprint density at radius 1 is 1.05 bits per heavy atom. The van der Waals surface area contributed by atoms with Crippen molar-refractivity contribution >= 4 is 0 Å². The van der Waals surface area contributed by atoms with Crippen molar-refractivity contribution in [2.75, 3.05) is 0 Å². The highest BCUT2D eigenvalue weighted by Gasteiger charge is 2.30. The minimum absolute atomic E-state index is 0.278. The third-order valence-electron chi connectivity index (χ3n) is 2.93. The van der Waals surface area contributed by atoms with Crippen LogP contribution >= 0.6 is 0 Å². The fourth-order valence-electron chi connectivity index (χ4n) is 2.00. The molecule has 0 radical (unpaired) electrons. The van der Waals surface area contributed by atoms with Crippen LogP contribution in [0.2, 0.25) is 0 Å². The molecule has 19 heavy (non-hydrogen) atoms. The van der Waals surface area contributed by atoms with Gasteiger partial charge in [-0.15, -0.1) is 0 Å². The second-order valence-electron chi connectivity index (χ2n) is 4.40. The standard InChI is InChI=1S/C15H13F3O/c1-10-3-2-4-11(7-10)14-6-5-13(15(16,17)18)8-12(14)9-19/h2-8,19H,9H2,1H3. The number of aliphatic hydroxyl groups is 1. The lowest BCUT2D eigenvalue weighted by molar-refractivity contribution is -0.137. The lowest BCUT2D eigenvalue weighted by atomic mass is 9.96. The Bertz CT molecular complexity index is 588. The molecule has 0 fully saturated rings. The zero-order valence-electron chi connectivity index (χ0n) is 10.3. The highest BCUT2D eigenvalue weighted by atomic mass is 19.4. The average Bonchev–Trinajstić information content (AvgIpc) is 2.37. The first-order chi connectivity index (χ1) is 8.91. The molecule has 0 amide bonds. The van der Waals surface area contributed by atoms with E-state index in [9.17, 15) is 18.3 Å². The Hall–Kier alpha value is -1.81. The Balaban J connectivity index is 2.53. The minimum Gasteiger partial charge on any atom is -0.392 e. The summed E-state index contributed by atoms with van der Waals surface area (Å²) < 4.78 is 37.9. The SMILES string of the molecule is Cc1cccc(-c2ccc(C(F)(F)F)cc2CO)c1. The molecule has 100 valence electrons. The van der Waals surface area contributed by atoms with Crippen LogP contribution in [0, 0.1) is 6.92 Å². The lowest BCUT2D eigenvalue weighted by Gasteiger charge is -2.12. The number of halogens is 3. The van der Waals surface area contributed by atoms with E-state index in [1.807, 2.05) is 31.2 Å². The number of benzene rings is 2.